The molecule has 0 aromatic heterocycles. The van der Waals surface area contributed by atoms with E-state index in [4.69, 9.17) is 42.6 Å². The molecule has 15 heteroatoms. The number of hydrogen-bond donors (Lipinski definition) is 0. The number of amides is 4. The predicted molar refractivity (Wildman–Crippen MR) is 656 cm³/mol. The van der Waals surface area contributed by atoms with E-state index < -0.39 is 53.0 Å². The van der Waals surface area contributed by atoms with Gasteiger partial charge in [0.05, 0.1) is 74.3 Å². The van der Waals surface area contributed by atoms with E-state index in [0.29, 0.717) is 24.2 Å². The van der Waals surface area contributed by atoms with E-state index >= 15 is 19.2 Å². The third-order valence-corrected chi connectivity index (χ3v) is 50.5. The molecule has 8 atom stereocenters. The number of carbonyl (C=O) groups is 4. The van der Waals surface area contributed by atoms with Gasteiger partial charge in [0.25, 0.3) is 0 Å². The Balaban J connectivity index is 0.000000222. The second-order valence-electron chi connectivity index (χ2n) is 44.1. The molecule has 2 heterocycles. The molecule has 6 nitrogen and oxygen atoms in total. The van der Waals surface area contributed by atoms with E-state index in [0.717, 1.165) is 134 Å². The summed E-state index contributed by atoms with van der Waals surface area (Å²) in [6, 6.07) is 74.0. The summed E-state index contributed by atoms with van der Waals surface area (Å²) < 4.78 is 1.92. The molecule has 8 saturated carbocycles. The monoisotopic (exact) mass is 2240 g/mol. The fraction of sp³-hybridized carbons (Fsp3) is 0.485. The molecule has 2 aliphatic heterocycles. The van der Waals surface area contributed by atoms with Gasteiger partial charge in [0, 0.05) is 26.6 Å². The zero-order chi connectivity index (χ0) is 104. The van der Waals surface area contributed by atoms with Gasteiger partial charge < -0.3 is 0 Å². The average Bonchev–Trinajstić information content (AvgIpc) is 1.70. The van der Waals surface area contributed by atoms with Crippen LogP contribution in [0.15, 0.2) is 299 Å². The summed E-state index contributed by atoms with van der Waals surface area (Å²) in [6.45, 7) is 16.2. The Morgan fingerprint density at radius 1 is 0.309 bits per heavy atom. The number of anilines is 2. The second-order valence-corrected chi connectivity index (χ2v) is 61.9. The van der Waals surface area contributed by atoms with Crippen LogP contribution < -0.4 is 41.6 Å². The summed E-state index contributed by atoms with van der Waals surface area (Å²) in [5, 5.41) is 10.4. The van der Waals surface area contributed by atoms with Gasteiger partial charge in [0.2, 0.25) is 23.6 Å². The van der Waals surface area contributed by atoms with Crippen LogP contribution in [-0.4, -0.2) is 67.5 Å². The third kappa shape index (κ3) is 31.5. The summed E-state index contributed by atoms with van der Waals surface area (Å²) in [5.74, 6) is -3.18. The quantitative estimate of drug-likeness (QED) is 0.0101. The van der Waals surface area contributed by atoms with Crippen LogP contribution in [0.5, 0.6) is 0 Å². The van der Waals surface area contributed by atoms with Crippen LogP contribution in [0.3, 0.4) is 0 Å². The number of nitrogens with zero attached hydrogens (tertiary/aromatic N) is 2. The first kappa shape index (κ1) is 116. The van der Waals surface area contributed by atoms with E-state index in [9.17, 15) is 0 Å². The molecule has 149 heavy (non-hydrogen) atoms. The van der Waals surface area contributed by atoms with Crippen molar-refractivity contribution >= 4 is 167 Å². The van der Waals surface area contributed by atoms with Crippen molar-refractivity contribution in [2.45, 2.75) is 355 Å². The van der Waals surface area contributed by atoms with Gasteiger partial charge in [-0.3, -0.25) is 19.2 Å². The SMILES string of the molecule is C1=CCCCCCC1.C1CCC([PH+](C2CCCCC2)C2CCCCC2)CC1.C1CCC([PH+](C2CCCCC2)C2CCCCC2)CC1.C=CCCCCCC/C=C/[C@@H]1C[C@H](C=C)[C@@H]2C(=O)N(c3cccc4c(-c5c(P(c6ccccc6)c6ccccc6)ccc6c(N7C(=O)[C@@H]8[C@H](C7=O)[C@H](C=C)C[C@@H]8/C=C/CCCCCCC=C)cccc56)c(P(c5ccccc5)c5ccccc5)ccc34)C(=O)[C@@H]21.ClCCl.[Cl][Ru]([Cl])=[CH]c1ccccc1. The Morgan fingerprint density at radius 2 is 0.584 bits per heavy atom. The Hall–Kier alpha value is -6.67. The van der Waals surface area contributed by atoms with E-state index in [2.05, 4.69) is 220 Å². The zero-order valence-corrected chi connectivity index (χ0v) is 97.9. The van der Waals surface area contributed by atoms with Crippen molar-refractivity contribution in [2.75, 3.05) is 15.1 Å². The maximum absolute atomic E-state index is 15.5. The number of alkyl halides is 2. The Morgan fingerprint density at radius 3 is 0.866 bits per heavy atom. The predicted octanol–water partition coefficient (Wildman–Crippen LogP) is 36.7. The first-order valence-corrected chi connectivity index (χ1v) is 70.9. The van der Waals surface area contributed by atoms with Crippen molar-refractivity contribution < 1.29 is 32.7 Å². The van der Waals surface area contributed by atoms with Gasteiger partial charge in [-0.1, -0.05) is 308 Å². The number of allylic oxidation sites excluding steroid dienone is 10. The van der Waals surface area contributed by atoms with Crippen molar-refractivity contribution in [1.29, 1.82) is 0 Å². The van der Waals surface area contributed by atoms with Gasteiger partial charge in [-0.15, -0.1) is 49.5 Å². The minimum atomic E-state index is -1.61. The minimum absolute atomic E-state index is 0.0465. The van der Waals surface area contributed by atoms with Crippen LogP contribution in [0.4, 0.5) is 11.4 Å². The van der Waals surface area contributed by atoms with Crippen molar-refractivity contribution in [3.8, 4) is 11.1 Å². The first-order valence-electron chi connectivity index (χ1n) is 58.2. The van der Waals surface area contributed by atoms with Crippen molar-refractivity contribution in [3.63, 3.8) is 0 Å². The van der Waals surface area contributed by atoms with Crippen LogP contribution in [0, 0.1) is 47.3 Å². The molecule has 9 aliphatic carbocycles. The molecule has 9 aromatic carbocycles. The third-order valence-electron chi connectivity index (χ3n) is 34.6. The van der Waals surface area contributed by atoms with Crippen molar-refractivity contribution in [2.24, 2.45) is 47.3 Å². The van der Waals surface area contributed by atoms with Gasteiger partial charge >= 0.3 is 73.4 Å². The molecular weight excluding hydrogens is 2070 g/mol. The van der Waals surface area contributed by atoms with Crippen LogP contribution in [0.1, 0.15) is 327 Å². The fourth-order valence-electron chi connectivity index (χ4n) is 27.6. The van der Waals surface area contributed by atoms with Crippen LogP contribution in [0.2, 0.25) is 0 Å². The summed E-state index contributed by atoms with van der Waals surface area (Å²) >= 11 is 7.91. The molecule has 11 aliphatic rings. The number of halogens is 4. The van der Waals surface area contributed by atoms with E-state index in [1.165, 1.54) is 95.1 Å². The van der Waals surface area contributed by atoms with E-state index in [-0.39, 0.29) is 68.5 Å². The molecule has 20 rings (SSSR count). The summed E-state index contributed by atoms with van der Waals surface area (Å²) in [4.78, 5) is 64.9. The molecular formula is C134H172Cl4N2O4P4Ru+2. The number of benzene rings is 9. The molecule has 0 spiro atoms. The number of unbranched alkanes of at least 4 members (excludes halogenated alkanes) is 10. The molecule has 796 valence electrons. The average molecular weight is 2240 g/mol. The normalized spacial score (nSPS) is 22.3. The number of imide groups is 2. The second kappa shape index (κ2) is 62.9. The Labute approximate surface area is 925 Å². The van der Waals surface area contributed by atoms with Crippen molar-refractivity contribution in [3.05, 3.63) is 305 Å². The molecule has 0 N–H and O–H groups in total. The molecule has 9 aromatic rings. The van der Waals surface area contributed by atoms with E-state index in [1.54, 1.807) is 193 Å². The van der Waals surface area contributed by atoms with Gasteiger partial charge in [-0.2, -0.15) is 0 Å². The maximum atomic E-state index is 15.5. The van der Waals surface area contributed by atoms with Gasteiger partial charge in [0.1, 0.15) is 0 Å². The molecule has 0 unspecified atom stereocenters. The number of fused-ring (bicyclic) bond motifs is 4. The zero-order valence-electron chi connectivity index (χ0n) is 89.3. The van der Waals surface area contributed by atoms with Gasteiger partial charge in [-0.05, 0) is 349 Å². The van der Waals surface area contributed by atoms with Gasteiger partial charge in [-0.25, -0.2) is 9.80 Å². The van der Waals surface area contributed by atoms with Crippen LogP contribution >= 0.6 is 74.3 Å². The number of carbonyl (C=O) groups excluding carboxylic acids is 4. The van der Waals surface area contributed by atoms with Crippen molar-refractivity contribution in [1.82, 2.24) is 0 Å². The number of rotatable bonds is 34. The Kier molecular flexibility index (Phi) is 49.1. The molecule has 0 radical (unpaired) electrons. The topological polar surface area (TPSA) is 74.8 Å². The molecule has 2 saturated heterocycles. The fourth-order valence-corrected chi connectivity index (χ4v) is 44.8. The standard InChI is InChI=1S/C82H82N2O4P2.2C18H33P.C8H14.C7H6.CH2Cl2.2ClH.Ru/c1-5-9-11-13-15-17-19-25-37-59-55-57(7-3)73-75(59)81(87)83(79(73)85)69-49-35-47-67-65(69)51-53-71(89(61-39-27-21-28-40-61)62-41-29-22-30-42-62)77(67)78-68-48-36-50-70(66(68)52-54-72(78)90(63-43-31-23-32-44-63)64-45-33-24-34-46-64)84-80(86)74-58(8-4)56-60(76(74)82(84)88)38-26-20-18-16-14-12-10-6-2;2*1-4-10-16(11-5-1)19(17-12-6-2-7-13-17)18-14-8-3-9-15-18;1-2-4-6-8-7-5-3-1;1-7-5-3-2-4-6-7;2-1-3;;;/h5-8,21-54,57-60,73-76H,1-4,9-20,55-56H2;2*16-18H,1-15H2;1-2H,3-8H2;1-6H;1H2;2*1H;/q;;;;;;;;+2/b37-25+,38-26+;;;;;;;;/t57-,58+,59+,60-,73-,74+,75+,76-;;;;;;;;. The molecule has 0 bridgehead atoms. The molecule has 10 fully saturated rings. The number of hydrogen-bond acceptors (Lipinski definition) is 4. The summed E-state index contributed by atoms with van der Waals surface area (Å²) in [6.07, 6.45) is 91.7. The first-order chi connectivity index (χ1) is 73.4. The van der Waals surface area contributed by atoms with Gasteiger partial charge in [0.15, 0.2) is 0 Å². The molecule has 4 amide bonds. The van der Waals surface area contributed by atoms with E-state index in [1.807, 2.05) is 83.5 Å². The summed E-state index contributed by atoms with van der Waals surface area (Å²) in [5.41, 5.74) is 11.6. The van der Waals surface area contributed by atoms with Crippen LogP contribution in [0.25, 0.3) is 32.7 Å². The Bertz CT molecular complexity index is 5290. The van der Waals surface area contributed by atoms with Crippen LogP contribution in [-0.2, 0) is 32.7 Å². The summed E-state index contributed by atoms with van der Waals surface area (Å²) in [7, 11) is 8.65.